The number of alkyl halides is 1. The molecule has 0 radical (unpaired) electrons. The molecular weight excluding hydrogens is 283 g/mol. The first-order chi connectivity index (χ1) is 7.07. The molecule has 0 aliphatic rings. The van der Waals surface area contributed by atoms with Crippen LogP contribution in [0.1, 0.15) is 27.1 Å². The van der Waals surface area contributed by atoms with Crippen molar-refractivity contribution in [2.75, 3.05) is 5.88 Å². The maximum absolute atomic E-state index is 11.6. The molecule has 0 saturated heterocycles. The number of carboxylic acid groups (broad SMARTS) is 1. The molecule has 15 heavy (non-hydrogen) atoms. The van der Waals surface area contributed by atoms with Gasteiger partial charge in [-0.05, 0) is 22.0 Å². The number of hydrogen-bond acceptors (Lipinski definition) is 2. The van der Waals surface area contributed by atoms with Crippen molar-refractivity contribution < 1.29 is 14.7 Å². The van der Waals surface area contributed by atoms with Gasteiger partial charge >= 0.3 is 5.97 Å². The topological polar surface area (TPSA) is 54.4 Å². The smallest absolute Gasteiger partial charge is 0.337 e. The van der Waals surface area contributed by atoms with Gasteiger partial charge in [0.25, 0.3) is 0 Å². The Balaban J connectivity index is 3.23. The van der Waals surface area contributed by atoms with Crippen molar-refractivity contribution in [3.8, 4) is 0 Å². The first kappa shape index (κ1) is 12.2. The van der Waals surface area contributed by atoms with Crippen LogP contribution in [0.3, 0.4) is 0 Å². The fourth-order valence-corrected chi connectivity index (χ4v) is 1.90. The van der Waals surface area contributed by atoms with Crippen molar-refractivity contribution in [1.82, 2.24) is 0 Å². The van der Waals surface area contributed by atoms with E-state index in [1.54, 1.807) is 12.1 Å². The lowest BCUT2D eigenvalue weighted by atomic mass is 10.0. The van der Waals surface area contributed by atoms with Crippen LogP contribution in [-0.2, 0) is 0 Å². The zero-order valence-corrected chi connectivity index (χ0v) is 10.0. The third-order valence-electron chi connectivity index (χ3n) is 1.85. The molecule has 0 heterocycles. The van der Waals surface area contributed by atoms with Crippen molar-refractivity contribution in [3.05, 3.63) is 33.8 Å². The average Bonchev–Trinajstić information content (AvgIpc) is 2.17. The van der Waals surface area contributed by atoms with E-state index in [1.807, 2.05) is 0 Å². The molecule has 1 rings (SSSR count). The van der Waals surface area contributed by atoms with Gasteiger partial charge in [-0.3, -0.25) is 4.79 Å². The number of carboxylic acids is 1. The zero-order valence-electron chi connectivity index (χ0n) is 7.67. The number of aromatic carboxylic acids is 1. The summed E-state index contributed by atoms with van der Waals surface area (Å²) in [6, 6.07) is 4.70. The van der Waals surface area contributed by atoms with Gasteiger partial charge in [0.15, 0.2) is 5.78 Å². The number of halogens is 2. The Hall–Kier alpha value is -0.870. The van der Waals surface area contributed by atoms with Crippen LogP contribution in [0.4, 0.5) is 0 Å². The van der Waals surface area contributed by atoms with Crippen molar-refractivity contribution in [1.29, 1.82) is 0 Å². The highest BCUT2D eigenvalue weighted by atomic mass is 79.9. The molecule has 1 aromatic carbocycles. The number of Topliss-reactive ketones (excluding diaryl/α,β-unsaturated/α-hetero) is 1. The first-order valence-corrected chi connectivity index (χ1v) is 5.51. The summed E-state index contributed by atoms with van der Waals surface area (Å²) in [5, 5.41) is 8.95. The molecule has 0 unspecified atom stereocenters. The van der Waals surface area contributed by atoms with Crippen molar-refractivity contribution >= 4 is 39.3 Å². The first-order valence-electron chi connectivity index (χ1n) is 4.19. The minimum Gasteiger partial charge on any atom is -0.478 e. The van der Waals surface area contributed by atoms with Gasteiger partial charge in [-0.1, -0.05) is 12.1 Å². The SMILES string of the molecule is O=C(CCCl)c1cccc(Br)c1C(=O)O. The van der Waals surface area contributed by atoms with Gasteiger partial charge < -0.3 is 5.11 Å². The summed E-state index contributed by atoms with van der Waals surface area (Å²) >= 11 is 8.54. The molecule has 5 heteroatoms. The van der Waals surface area contributed by atoms with Crippen LogP contribution in [0.25, 0.3) is 0 Å². The summed E-state index contributed by atoms with van der Waals surface area (Å²) in [5.41, 5.74) is 0.185. The summed E-state index contributed by atoms with van der Waals surface area (Å²) in [7, 11) is 0. The second-order valence-electron chi connectivity index (χ2n) is 2.83. The quantitative estimate of drug-likeness (QED) is 0.685. The van der Waals surface area contributed by atoms with Crippen LogP contribution in [0.15, 0.2) is 22.7 Å². The van der Waals surface area contributed by atoms with E-state index in [9.17, 15) is 9.59 Å². The molecule has 0 bridgehead atoms. The highest BCUT2D eigenvalue weighted by Gasteiger charge is 2.18. The Morgan fingerprint density at radius 2 is 2.07 bits per heavy atom. The molecule has 1 aromatic rings. The van der Waals surface area contributed by atoms with E-state index < -0.39 is 5.97 Å². The molecule has 0 saturated carbocycles. The Bertz CT molecular complexity index is 404. The lowest BCUT2D eigenvalue weighted by Crippen LogP contribution is -2.09. The van der Waals surface area contributed by atoms with E-state index in [4.69, 9.17) is 16.7 Å². The lowest BCUT2D eigenvalue weighted by Gasteiger charge is -2.05. The fourth-order valence-electron chi connectivity index (χ4n) is 1.19. The normalized spacial score (nSPS) is 10.0. The number of hydrogen-bond donors (Lipinski definition) is 1. The summed E-state index contributed by atoms with van der Waals surface area (Å²) in [6.07, 6.45) is 0.137. The summed E-state index contributed by atoms with van der Waals surface area (Å²) in [6.45, 7) is 0. The summed E-state index contributed by atoms with van der Waals surface area (Å²) < 4.78 is 0.399. The van der Waals surface area contributed by atoms with E-state index in [0.717, 1.165) is 0 Å². The Kier molecular flexibility index (Phi) is 4.29. The van der Waals surface area contributed by atoms with E-state index in [2.05, 4.69) is 15.9 Å². The molecule has 0 atom stereocenters. The van der Waals surface area contributed by atoms with Crippen LogP contribution >= 0.6 is 27.5 Å². The number of benzene rings is 1. The lowest BCUT2D eigenvalue weighted by molar-refractivity contribution is 0.0691. The number of carbonyl (C=O) groups excluding carboxylic acids is 1. The molecule has 0 aromatic heterocycles. The van der Waals surface area contributed by atoms with E-state index in [-0.39, 0.29) is 29.2 Å². The number of rotatable bonds is 4. The molecule has 0 amide bonds. The molecule has 0 fully saturated rings. The maximum Gasteiger partial charge on any atom is 0.337 e. The Morgan fingerprint density at radius 1 is 1.40 bits per heavy atom. The van der Waals surface area contributed by atoms with Crippen molar-refractivity contribution in [2.24, 2.45) is 0 Å². The molecule has 0 aliphatic carbocycles. The van der Waals surface area contributed by atoms with Gasteiger partial charge in [-0.25, -0.2) is 4.79 Å². The van der Waals surface area contributed by atoms with Gasteiger partial charge in [0.2, 0.25) is 0 Å². The van der Waals surface area contributed by atoms with E-state index in [0.29, 0.717) is 4.47 Å². The summed E-state index contributed by atoms with van der Waals surface area (Å²) in [5.74, 6) is -1.20. The van der Waals surface area contributed by atoms with Crippen LogP contribution in [0, 0.1) is 0 Å². The third kappa shape index (κ3) is 2.79. The maximum atomic E-state index is 11.6. The second-order valence-corrected chi connectivity index (χ2v) is 4.06. The van der Waals surface area contributed by atoms with Crippen LogP contribution < -0.4 is 0 Å². The monoisotopic (exact) mass is 290 g/mol. The fraction of sp³-hybridized carbons (Fsp3) is 0.200. The van der Waals surface area contributed by atoms with Crippen molar-refractivity contribution in [3.63, 3.8) is 0 Å². The molecular formula is C10H8BrClO3. The highest BCUT2D eigenvalue weighted by molar-refractivity contribution is 9.10. The summed E-state index contributed by atoms with van der Waals surface area (Å²) in [4.78, 5) is 22.5. The number of carbonyl (C=O) groups is 2. The van der Waals surface area contributed by atoms with Gasteiger partial charge in [0, 0.05) is 22.3 Å². The standard InChI is InChI=1S/C10H8BrClO3/c11-7-3-1-2-6(8(13)4-5-12)9(7)10(14)15/h1-3H,4-5H2,(H,14,15). The molecule has 3 nitrogen and oxygen atoms in total. The minimum atomic E-state index is -1.12. The number of ketones is 1. The molecule has 1 N–H and O–H groups in total. The van der Waals surface area contributed by atoms with E-state index >= 15 is 0 Å². The van der Waals surface area contributed by atoms with Gasteiger partial charge in [0.05, 0.1) is 5.56 Å². The Labute approximate surface area is 100 Å². The van der Waals surface area contributed by atoms with Gasteiger partial charge in [-0.2, -0.15) is 0 Å². The predicted molar refractivity (Wildman–Crippen MR) is 60.8 cm³/mol. The van der Waals surface area contributed by atoms with Crippen molar-refractivity contribution in [2.45, 2.75) is 6.42 Å². The molecule has 80 valence electrons. The third-order valence-corrected chi connectivity index (χ3v) is 2.70. The largest absolute Gasteiger partial charge is 0.478 e. The minimum absolute atomic E-state index is 0.00684. The highest BCUT2D eigenvalue weighted by Crippen LogP contribution is 2.21. The van der Waals surface area contributed by atoms with Crippen LogP contribution in [-0.4, -0.2) is 22.7 Å². The van der Waals surface area contributed by atoms with Crippen LogP contribution in [0.2, 0.25) is 0 Å². The Morgan fingerprint density at radius 3 is 2.60 bits per heavy atom. The molecule has 0 aliphatic heterocycles. The average molecular weight is 292 g/mol. The molecule has 0 spiro atoms. The van der Waals surface area contributed by atoms with Crippen LogP contribution in [0.5, 0.6) is 0 Å². The zero-order chi connectivity index (χ0) is 11.4. The van der Waals surface area contributed by atoms with Gasteiger partial charge in [0.1, 0.15) is 0 Å². The van der Waals surface area contributed by atoms with Gasteiger partial charge in [-0.15, -0.1) is 11.6 Å². The van der Waals surface area contributed by atoms with E-state index in [1.165, 1.54) is 6.07 Å². The predicted octanol–water partition coefficient (Wildman–Crippen LogP) is 2.96. The second kappa shape index (κ2) is 5.28.